The molecule has 1 aromatic rings. The van der Waals surface area contributed by atoms with Gasteiger partial charge in [-0.2, -0.15) is 0 Å². The van der Waals surface area contributed by atoms with Gasteiger partial charge in [0.25, 0.3) is 5.69 Å². The molecule has 1 aromatic carbocycles. The van der Waals surface area contributed by atoms with Gasteiger partial charge in [0.15, 0.2) is 0 Å². The molecule has 5 heteroatoms. The van der Waals surface area contributed by atoms with Gasteiger partial charge in [-0.1, -0.05) is 13.8 Å². The molecule has 5 nitrogen and oxygen atoms in total. The fraction of sp³-hybridized carbons (Fsp3) is 0.625. The van der Waals surface area contributed by atoms with Crippen molar-refractivity contribution in [2.75, 3.05) is 17.2 Å². The number of non-ortho nitro benzene ring substituents is 1. The van der Waals surface area contributed by atoms with Crippen molar-refractivity contribution >= 4 is 17.1 Å². The maximum absolute atomic E-state index is 11.0. The second-order valence-electron chi connectivity index (χ2n) is 6.16. The van der Waals surface area contributed by atoms with E-state index in [-0.39, 0.29) is 10.6 Å². The summed E-state index contributed by atoms with van der Waals surface area (Å²) in [5, 5.41) is 17.7. The number of anilines is 2. The Balaban J connectivity index is 2.13. The molecule has 2 N–H and O–H groups in total. The van der Waals surface area contributed by atoms with Gasteiger partial charge in [0.05, 0.1) is 4.92 Å². The van der Waals surface area contributed by atoms with Crippen LogP contribution in [0.1, 0.15) is 40.0 Å². The second-order valence-corrected chi connectivity index (χ2v) is 6.16. The van der Waals surface area contributed by atoms with Crippen molar-refractivity contribution in [1.82, 2.24) is 0 Å². The predicted molar refractivity (Wildman–Crippen MR) is 86.8 cm³/mol. The molecule has 1 saturated carbocycles. The van der Waals surface area contributed by atoms with Crippen LogP contribution in [-0.4, -0.2) is 17.5 Å². The Kier molecular flexibility index (Phi) is 5.04. The highest BCUT2D eigenvalue weighted by atomic mass is 16.6. The van der Waals surface area contributed by atoms with Crippen molar-refractivity contribution < 1.29 is 4.92 Å². The molecule has 3 atom stereocenters. The lowest BCUT2D eigenvalue weighted by Gasteiger charge is -2.33. The molecule has 0 radical (unpaired) electrons. The molecule has 116 valence electrons. The van der Waals surface area contributed by atoms with E-state index in [9.17, 15) is 10.1 Å². The molecule has 0 heterocycles. The minimum absolute atomic E-state index is 0.133. The Hall–Kier alpha value is -1.78. The number of benzene rings is 1. The molecule has 0 bridgehead atoms. The summed E-state index contributed by atoms with van der Waals surface area (Å²) < 4.78 is 0. The molecular formula is C16H25N3O2. The monoisotopic (exact) mass is 291 g/mol. The van der Waals surface area contributed by atoms with Crippen LogP contribution in [0.4, 0.5) is 17.1 Å². The van der Waals surface area contributed by atoms with Crippen LogP contribution in [0.2, 0.25) is 0 Å². The summed E-state index contributed by atoms with van der Waals surface area (Å²) in [4.78, 5) is 10.7. The van der Waals surface area contributed by atoms with Crippen LogP contribution < -0.4 is 10.6 Å². The maximum Gasteiger partial charge on any atom is 0.273 e. The van der Waals surface area contributed by atoms with Gasteiger partial charge < -0.3 is 10.6 Å². The number of hydrogen-bond donors (Lipinski definition) is 2. The number of hydrogen-bond acceptors (Lipinski definition) is 4. The molecular weight excluding hydrogens is 266 g/mol. The third-order valence-electron chi connectivity index (χ3n) is 4.48. The third kappa shape index (κ3) is 4.09. The largest absolute Gasteiger partial charge is 0.385 e. The summed E-state index contributed by atoms with van der Waals surface area (Å²) in [5.74, 6) is 1.47. The Morgan fingerprint density at radius 1 is 1.19 bits per heavy atom. The lowest BCUT2D eigenvalue weighted by molar-refractivity contribution is -0.384. The van der Waals surface area contributed by atoms with E-state index >= 15 is 0 Å². The van der Waals surface area contributed by atoms with Crippen LogP contribution in [0.15, 0.2) is 18.2 Å². The van der Waals surface area contributed by atoms with Gasteiger partial charge in [0, 0.05) is 36.1 Å². The molecule has 2 rings (SSSR count). The fourth-order valence-corrected chi connectivity index (χ4v) is 3.02. The van der Waals surface area contributed by atoms with Crippen molar-refractivity contribution in [3.8, 4) is 0 Å². The smallest absolute Gasteiger partial charge is 0.273 e. The van der Waals surface area contributed by atoms with Crippen molar-refractivity contribution in [2.24, 2.45) is 11.8 Å². The van der Waals surface area contributed by atoms with Crippen molar-refractivity contribution in [2.45, 2.75) is 46.1 Å². The molecule has 1 aliphatic rings. The molecule has 1 fully saturated rings. The quantitative estimate of drug-likeness (QED) is 0.628. The number of nitrogens with one attached hydrogen (secondary N) is 2. The van der Waals surface area contributed by atoms with E-state index in [0.29, 0.717) is 12.0 Å². The van der Waals surface area contributed by atoms with E-state index < -0.39 is 0 Å². The molecule has 0 amide bonds. The van der Waals surface area contributed by atoms with Gasteiger partial charge in [-0.05, 0) is 44.1 Å². The zero-order valence-corrected chi connectivity index (χ0v) is 13.1. The number of nitro benzene ring substituents is 1. The third-order valence-corrected chi connectivity index (χ3v) is 4.48. The van der Waals surface area contributed by atoms with Gasteiger partial charge in [0.1, 0.15) is 0 Å². The molecule has 0 aromatic heterocycles. The van der Waals surface area contributed by atoms with Gasteiger partial charge in [-0.3, -0.25) is 10.1 Å². The standard InChI is InChI=1S/C16H25N3O2/c1-4-17-14-8-15(10-16(9-14)19(20)21)18-13-6-5-11(2)12(3)7-13/h8-13,17-18H,4-7H2,1-3H3. The summed E-state index contributed by atoms with van der Waals surface area (Å²) in [6, 6.07) is 5.58. The fourth-order valence-electron chi connectivity index (χ4n) is 3.02. The summed E-state index contributed by atoms with van der Waals surface area (Å²) in [6.45, 7) is 7.32. The van der Waals surface area contributed by atoms with Crippen molar-refractivity contribution in [3.63, 3.8) is 0 Å². The average molecular weight is 291 g/mol. The zero-order valence-electron chi connectivity index (χ0n) is 13.1. The van der Waals surface area contributed by atoms with Crippen LogP contribution in [0, 0.1) is 22.0 Å². The Labute approximate surface area is 126 Å². The van der Waals surface area contributed by atoms with Crippen LogP contribution in [0.5, 0.6) is 0 Å². The first-order valence-corrected chi connectivity index (χ1v) is 7.79. The minimum Gasteiger partial charge on any atom is -0.385 e. The molecule has 0 spiro atoms. The normalized spacial score (nSPS) is 25.4. The lowest BCUT2D eigenvalue weighted by Crippen LogP contribution is -2.30. The second kappa shape index (κ2) is 6.78. The van der Waals surface area contributed by atoms with Gasteiger partial charge >= 0.3 is 0 Å². The van der Waals surface area contributed by atoms with Crippen LogP contribution in [0.3, 0.4) is 0 Å². The number of nitro groups is 1. The minimum atomic E-state index is -0.336. The van der Waals surface area contributed by atoms with E-state index in [1.165, 1.54) is 6.42 Å². The first-order chi connectivity index (χ1) is 9.99. The van der Waals surface area contributed by atoms with E-state index in [2.05, 4.69) is 24.5 Å². The first kappa shape index (κ1) is 15.6. The molecule has 1 aliphatic carbocycles. The van der Waals surface area contributed by atoms with Gasteiger partial charge in [-0.15, -0.1) is 0 Å². The maximum atomic E-state index is 11.0. The Morgan fingerprint density at radius 3 is 2.52 bits per heavy atom. The highest BCUT2D eigenvalue weighted by Crippen LogP contribution is 2.32. The molecule has 21 heavy (non-hydrogen) atoms. The van der Waals surface area contributed by atoms with E-state index in [1.54, 1.807) is 12.1 Å². The SMILES string of the molecule is CCNc1cc(NC2CCC(C)C(C)C2)cc([N+](=O)[O-])c1. The van der Waals surface area contributed by atoms with Crippen molar-refractivity contribution in [3.05, 3.63) is 28.3 Å². The Bertz CT molecular complexity index is 504. The summed E-state index contributed by atoms with van der Waals surface area (Å²) in [7, 11) is 0. The molecule has 3 unspecified atom stereocenters. The van der Waals surface area contributed by atoms with Crippen LogP contribution in [0.25, 0.3) is 0 Å². The van der Waals surface area contributed by atoms with E-state index in [1.807, 2.05) is 13.0 Å². The molecule has 0 aliphatic heterocycles. The average Bonchev–Trinajstić information content (AvgIpc) is 2.43. The number of rotatable bonds is 5. The van der Waals surface area contributed by atoms with Crippen molar-refractivity contribution in [1.29, 1.82) is 0 Å². The van der Waals surface area contributed by atoms with Crippen LogP contribution in [-0.2, 0) is 0 Å². The van der Waals surface area contributed by atoms with Crippen LogP contribution >= 0.6 is 0 Å². The summed E-state index contributed by atoms with van der Waals surface area (Å²) in [5.41, 5.74) is 1.77. The van der Waals surface area contributed by atoms with E-state index in [0.717, 1.165) is 36.7 Å². The molecule has 0 saturated heterocycles. The zero-order chi connectivity index (χ0) is 15.4. The predicted octanol–water partition coefficient (Wildman–Crippen LogP) is 4.26. The highest BCUT2D eigenvalue weighted by molar-refractivity contribution is 5.63. The first-order valence-electron chi connectivity index (χ1n) is 7.79. The van der Waals surface area contributed by atoms with Gasteiger partial charge in [-0.25, -0.2) is 0 Å². The summed E-state index contributed by atoms with van der Waals surface area (Å²) in [6.07, 6.45) is 3.47. The highest BCUT2D eigenvalue weighted by Gasteiger charge is 2.24. The Morgan fingerprint density at radius 2 is 1.90 bits per heavy atom. The topological polar surface area (TPSA) is 67.2 Å². The van der Waals surface area contributed by atoms with E-state index in [4.69, 9.17) is 0 Å². The lowest BCUT2D eigenvalue weighted by atomic mass is 9.79. The van der Waals surface area contributed by atoms with Gasteiger partial charge in [0.2, 0.25) is 0 Å². The number of nitrogens with zero attached hydrogens (tertiary/aromatic N) is 1. The summed E-state index contributed by atoms with van der Waals surface area (Å²) >= 11 is 0.